The number of hydrogen-bond donors (Lipinski definition) is 1. The van der Waals surface area contributed by atoms with Gasteiger partial charge in [-0.2, -0.15) is 11.8 Å². The van der Waals surface area contributed by atoms with Crippen LogP contribution in [-0.2, 0) is 9.32 Å². The molecule has 0 heterocycles. The fourth-order valence-electron chi connectivity index (χ4n) is 0.450. The van der Waals surface area contributed by atoms with E-state index in [0.717, 1.165) is 5.75 Å². The highest BCUT2D eigenvalue weighted by Gasteiger charge is 2.11. The minimum absolute atomic E-state index is 0.362. The van der Waals surface area contributed by atoms with Crippen molar-refractivity contribution in [3.63, 3.8) is 0 Å². The first kappa shape index (κ1) is 10.2. The van der Waals surface area contributed by atoms with E-state index in [2.05, 4.69) is 4.52 Å². The Kier molecular flexibility index (Phi) is 6.08. The van der Waals surface area contributed by atoms with E-state index in [1.807, 2.05) is 15.7 Å². The maximum atomic E-state index is 10.6. The molecular formula is C5H12NO2PS. The van der Waals surface area contributed by atoms with Crippen molar-refractivity contribution in [1.82, 2.24) is 0 Å². The van der Waals surface area contributed by atoms with Crippen LogP contribution in [0.4, 0.5) is 0 Å². The van der Waals surface area contributed by atoms with E-state index in [1.165, 1.54) is 0 Å². The van der Waals surface area contributed by atoms with Gasteiger partial charge in [0.1, 0.15) is 6.04 Å². The number of thioether (sulfide) groups is 1. The molecular weight excluding hydrogens is 169 g/mol. The SMILES string of the molecule is CSCC[C@H](N)C(=O)OP. The summed E-state index contributed by atoms with van der Waals surface area (Å²) in [5.74, 6) is 0.528. The Hall–Kier alpha value is 0.210. The van der Waals surface area contributed by atoms with Gasteiger partial charge in [-0.3, -0.25) is 4.79 Å². The molecule has 2 atom stereocenters. The van der Waals surface area contributed by atoms with E-state index in [4.69, 9.17) is 5.73 Å². The third-order valence-corrected chi connectivity index (χ3v) is 1.93. The van der Waals surface area contributed by atoms with E-state index >= 15 is 0 Å². The molecule has 0 aliphatic rings. The average molecular weight is 181 g/mol. The normalized spacial score (nSPS) is 12.7. The molecule has 10 heavy (non-hydrogen) atoms. The molecule has 0 aromatic carbocycles. The van der Waals surface area contributed by atoms with Gasteiger partial charge in [-0.1, -0.05) is 0 Å². The zero-order chi connectivity index (χ0) is 7.98. The predicted octanol–water partition coefficient (Wildman–Crippen LogP) is 0.400. The lowest BCUT2D eigenvalue weighted by molar-refractivity contribution is -0.134. The van der Waals surface area contributed by atoms with Crippen LogP contribution >= 0.6 is 21.2 Å². The van der Waals surface area contributed by atoms with Crippen molar-refractivity contribution >= 4 is 27.2 Å². The monoisotopic (exact) mass is 181 g/mol. The molecule has 0 amide bonds. The summed E-state index contributed by atoms with van der Waals surface area (Å²) in [4.78, 5) is 10.6. The highest BCUT2D eigenvalue weighted by molar-refractivity contribution is 7.98. The Morgan fingerprint density at radius 2 is 2.50 bits per heavy atom. The molecule has 60 valence electrons. The summed E-state index contributed by atoms with van der Waals surface area (Å²) >= 11 is 1.66. The topological polar surface area (TPSA) is 52.3 Å². The molecule has 0 bridgehead atoms. The Morgan fingerprint density at radius 1 is 1.90 bits per heavy atom. The largest absolute Gasteiger partial charge is 0.450 e. The second-order valence-electron chi connectivity index (χ2n) is 1.82. The smallest absolute Gasteiger partial charge is 0.325 e. The fourth-order valence-corrected chi connectivity index (χ4v) is 1.11. The van der Waals surface area contributed by atoms with Crippen molar-refractivity contribution in [3.05, 3.63) is 0 Å². The van der Waals surface area contributed by atoms with Crippen LogP contribution in [0, 0.1) is 0 Å². The maximum Gasteiger partial charge on any atom is 0.325 e. The van der Waals surface area contributed by atoms with E-state index in [0.29, 0.717) is 6.42 Å². The molecule has 0 aromatic heterocycles. The molecule has 0 spiro atoms. The average Bonchev–Trinajstić information content (AvgIpc) is 1.98. The third-order valence-electron chi connectivity index (χ3n) is 1.05. The van der Waals surface area contributed by atoms with E-state index in [1.54, 1.807) is 11.8 Å². The van der Waals surface area contributed by atoms with Crippen molar-refractivity contribution < 1.29 is 9.32 Å². The van der Waals surface area contributed by atoms with Gasteiger partial charge in [-0.25, -0.2) is 0 Å². The molecule has 0 saturated heterocycles. The predicted molar refractivity (Wildman–Crippen MR) is 46.8 cm³/mol. The molecule has 0 saturated carbocycles. The van der Waals surface area contributed by atoms with Gasteiger partial charge in [0.05, 0.1) is 9.47 Å². The molecule has 0 rings (SSSR count). The summed E-state index contributed by atoms with van der Waals surface area (Å²) in [6.45, 7) is 0. The maximum absolute atomic E-state index is 10.6. The highest BCUT2D eigenvalue weighted by Crippen LogP contribution is 2.01. The van der Waals surface area contributed by atoms with Crippen molar-refractivity contribution in [2.24, 2.45) is 5.73 Å². The minimum atomic E-state index is -0.468. The van der Waals surface area contributed by atoms with Crippen LogP contribution in [-0.4, -0.2) is 24.0 Å². The Bertz CT molecular complexity index is 112. The summed E-state index contributed by atoms with van der Waals surface area (Å²) in [6, 6.07) is -0.468. The van der Waals surface area contributed by atoms with Gasteiger partial charge in [0.15, 0.2) is 0 Å². The van der Waals surface area contributed by atoms with Crippen molar-refractivity contribution in [1.29, 1.82) is 0 Å². The molecule has 5 heteroatoms. The second kappa shape index (κ2) is 5.96. The zero-order valence-corrected chi connectivity index (χ0v) is 7.84. The Balaban J connectivity index is 3.41. The molecule has 0 aromatic rings. The highest BCUT2D eigenvalue weighted by atomic mass is 32.2. The number of nitrogens with two attached hydrogens (primary N) is 1. The lowest BCUT2D eigenvalue weighted by Gasteiger charge is -2.06. The lowest BCUT2D eigenvalue weighted by Crippen LogP contribution is -2.30. The first-order valence-electron chi connectivity index (χ1n) is 2.87. The van der Waals surface area contributed by atoms with Gasteiger partial charge < -0.3 is 10.3 Å². The number of rotatable bonds is 4. The molecule has 1 unspecified atom stereocenters. The summed E-state index contributed by atoms with van der Waals surface area (Å²) < 4.78 is 4.35. The van der Waals surface area contributed by atoms with Gasteiger partial charge >= 0.3 is 5.97 Å². The van der Waals surface area contributed by atoms with Crippen LogP contribution in [0.5, 0.6) is 0 Å². The molecule has 0 aliphatic heterocycles. The Morgan fingerprint density at radius 3 is 2.90 bits per heavy atom. The van der Waals surface area contributed by atoms with E-state index in [-0.39, 0.29) is 5.97 Å². The van der Waals surface area contributed by atoms with Crippen molar-refractivity contribution in [2.75, 3.05) is 12.0 Å². The van der Waals surface area contributed by atoms with Crippen molar-refractivity contribution in [2.45, 2.75) is 12.5 Å². The van der Waals surface area contributed by atoms with Crippen LogP contribution in [0.1, 0.15) is 6.42 Å². The van der Waals surface area contributed by atoms with Crippen LogP contribution in [0.2, 0.25) is 0 Å². The minimum Gasteiger partial charge on any atom is -0.450 e. The first-order valence-corrected chi connectivity index (χ1v) is 4.74. The van der Waals surface area contributed by atoms with Gasteiger partial charge in [0, 0.05) is 0 Å². The zero-order valence-electron chi connectivity index (χ0n) is 5.87. The second-order valence-corrected chi connectivity index (χ2v) is 3.05. The number of carbonyl (C=O) groups is 1. The number of hydrogen-bond acceptors (Lipinski definition) is 4. The lowest BCUT2D eigenvalue weighted by atomic mass is 10.2. The van der Waals surface area contributed by atoms with Gasteiger partial charge in [0.2, 0.25) is 0 Å². The van der Waals surface area contributed by atoms with Gasteiger partial charge in [-0.15, -0.1) is 0 Å². The standard InChI is InChI=1S/C5H12NO2PS/c1-10-3-2-4(6)5(7)8-9/h4H,2-3,6,9H2,1H3/t4-/m0/s1. The fraction of sp³-hybridized carbons (Fsp3) is 0.800. The van der Waals surface area contributed by atoms with Crippen LogP contribution < -0.4 is 5.73 Å². The number of carbonyl (C=O) groups excluding carboxylic acids is 1. The summed E-state index contributed by atoms with van der Waals surface area (Å²) in [7, 11) is 1.89. The van der Waals surface area contributed by atoms with E-state index in [9.17, 15) is 4.79 Å². The van der Waals surface area contributed by atoms with Gasteiger partial charge in [-0.05, 0) is 18.4 Å². The molecule has 2 N–H and O–H groups in total. The van der Waals surface area contributed by atoms with Crippen molar-refractivity contribution in [3.8, 4) is 0 Å². The van der Waals surface area contributed by atoms with Gasteiger partial charge in [0.25, 0.3) is 0 Å². The van der Waals surface area contributed by atoms with Crippen LogP contribution in [0.25, 0.3) is 0 Å². The summed E-state index contributed by atoms with van der Waals surface area (Å²) in [6.07, 6.45) is 2.65. The molecule has 0 radical (unpaired) electrons. The van der Waals surface area contributed by atoms with E-state index < -0.39 is 6.04 Å². The van der Waals surface area contributed by atoms with Crippen LogP contribution in [0.3, 0.4) is 0 Å². The third kappa shape index (κ3) is 4.09. The first-order chi connectivity index (χ1) is 4.72. The summed E-state index contributed by atoms with van der Waals surface area (Å²) in [5.41, 5.74) is 5.41. The molecule has 0 aliphatic carbocycles. The quantitative estimate of drug-likeness (QED) is 0.638. The van der Waals surface area contributed by atoms with Crippen LogP contribution in [0.15, 0.2) is 0 Å². The molecule has 0 fully saturated rings. The Labute approximate surface area is 67.4 Å². The summed E-state index contributed by atoms with van der Waals surface area (Å²) in [5, 5.41) is 0. The molecule has 3 nitrogen and oxygen atoms in total.